The first-order valence-electron chi connectivity index (χ1n) is 7.29. The van der Waals surface area contributed by atoms with Gasteiger partial charge in [-0.25, -0.2) is 0 Å². The summed E-state index contributed by atoms with van der Waals surface area (Å²) >= 11 is 0. The van der Waals surface area contributed by atoms with E-state index in [2.05, 4.69) is 20.8 Å². The largest absolute Gasteiger partial charge is 0.490 e. The molecular weight excluding hydrogens is 236 g/mol. The molecule has 1 fully saturated rings. The second-order valence-electron chi connectivity index (χ2n) is 6.27. The maximum atomic E-state index is 6.20. The van der Waals surface area contributed by atoms with Crippen LogP contribution in [0.3, 0.4) is 0 Å². The van der Waals surface area contributed by atoms with Crippen LogP contribution < -0.4 is 16.2 Å². The molecule has 0 aromatic heterocycles. The van der Waals surface area contributed by atoms with Gasteiger partial charge in [0.1, 0.15) is 11.9 Å². The predicted octanol–water partition coefficient (Wildman–Crippen LogP) is 3.69. The van der Waals surface area contributed by atoms with Crippen LogP contribution in [0.4, 0.5) is 11.4 Å². The molecule has 0 spiro atoms. The van der Waals surface area contributed by atoms with E-state index in [1.807, 2.05) is 18.2 Å². The molecule has 0 amide bonds. The molecule has 0 aliphatic heterocycles. The van der Waals surface area contributed by atoms with Crippen molar-refractivity contribution in [1.29, 1.82) is 0 Å². The summed E-state index contributed by atoms with van der Waals surface area (Å²) in [6, 6.07) is 5.58. The average molecular weight is 262 g/mol. The van der Waals surface area contributed by atoms with Gasteiger partial charge >= 0.3 is 0 Å². The third-order valence-electron chi connectivity index (χ3n) is 4.31. The van der Waals surface area contributed by atoms with Crippen LogP contribution in [0.25, 0.3) is 0 Å². The van der Waals surface area contributed by atoms with Gasteiger partial charge in [-0.1, -0.05) is 27.2 Å². The lowest BCUT2D eigenvalue weighted by molar-refractivity contribution is 0.0461. The Morgan fingerprint density at radius 2 is 1.89 bits per heavy atom. The fourth-order valence-corrected chi connectivity index (χ4v) is 3.05. The molecule has 1 aliphatic rings. The Kier molecular flexibility index (Phi) is 4.23. The SMILES string of the molecule is CC1CCC(C(C)C)C(Oc2ccc(N)c(N)c2)C1. The molecule has 19 heavy (non-hydrogen) atoms. The van der Waals surface area contributed by atoms with Crippen LogP contribution in [0.1, 0.15) is 40.0 Å². The molecule has 1 saturated carbocycles. The van der Waals surface area contributed by atoms with Gasteiger partial charge in [0, 0.05) is 6.07 Å². The number of hydrogen-bond donors (Lipinski definition) is 2. The van der Waals surface area contributed by atoms with Crippen molar-refractivity contribution < 1.29 is 4.74 Å². The average Bonchev–Trinajstić information content (AvgIpc) is 2.33. The van der Waals surface area contributed by atoms with Crippen LogP contribution in [0.2, 0.25) is 0 Å². The van der Waals surface area contributed by atoms with E-state index in [1.165, 1.54) is 12.8 Å². The lowest BCUT2D eigenvalue weighted by Crippen LogP contribution is -2.36. The third-order valence-corrected chi connectivity index (χ3v) is 4.31. The van der Waals surface area contributed by atoms with Crippen molar-refractivity contribution in [2.24, 2.45) is 17.8 Å². The van der Waals surface area contributed by atoms with Crippen LogP contribution >= 0.6 is 0 Å². The molecule has 2 rings (SSSR count). The standard InChI is InChI=1S/C16H26N2O/c1-10(2)13-6-4-11(3)8-16(13)19-12-5-7-14(17)15(18)9-12/h5,7,9-11,13,16H,4,6,8,17-18H2,1-3H3. The maximum Gasteiger partial charge on any atom is 0.121 e. The van der Waals surface area contributed by atoms with Crippen molar-refractivity contribution >= 4 is 11.4 Å². The third kappa shape index (κ3) is 3.34. The Balaban J connectivity index is 2.11. The molecule has 106 valence electrons. The van der Waals surface area contributed by atoms with Crippen LogP contribution in [0.5, 0.6) is 5.75 Å². The van der Waals surface area contributed by atoms with E-state index in [4.69, 9.17) is 16.2 Å². The molecule has 0 bridgehead atoms. The van der Waals surface area contributed by atoms with Gasteiger partial charge in [-0.05, 0) is 42.7 Å². The predicted molar refractivity (Wildman–Crippen MR) is 81.0 cm³/mol. The van der Waals surface area contributed by atoms with Crippen LogP contribution in [0.15, 0.2) is 18.2 Å². The zero-order valence-electron chi connectivity index (χ0n) is 12.2. The molecule has 1 aromatic carbocycles. The minimum absolute atomic E-state index is 0.298. The first-order chi connectivity index (χ1) is 8.97. The fourth-order valence-electron chi connectivity index (χ4n) is 3.05. The highest BCUT2D eigenvalue weighted by Gasteiger charge is 2.32. The quantitative estimate of drug-likeness (QED) is 0.817. The number of rotatable bonds is 3. The molecule has 3 heteroatoms. The summed E-state index contributed by atoms with van der Waals surface area (Å²) in [6.45, 7) is 6.88. The molecule has 0 radical (unpaired) electrons. The zero-order chi connectivity index (χ0) is 14.0. The van der Waals surface area contributed by atoms with Gasteiger partial charge in [-0.15, -0.1) is 0 Å². The van der Waals surface area contributed by atoms with Crippen molar-refractivity contribution in [3.63, 3.8) is 0 Å². The molecule has 3 atom stereocenters. The van der Waals surface area contributed by atoms with E-state index in [1.54, 1.807) is 0 Å². The molecule has 0 saturated heterocycles. The first-order valence-corrected chi connectivity index (χ1v) is 7.29. The van der Waals surface area contributed by atoms with E-state index >= 15 is 0 Å². The molecule has 4 N–H and O–H groups in total. The van der Waals surface area contributed by atoms with Gasteiger partial charge in [0.25, 0.3) is 0 Å². The second kappa shape index (κ2) is 5.72. The number of nitrogens with two attached hydrogens (primary N) is 2. The monoisotopic (exact) mass is 262 g/mol. The molecule has 3 unspecified atom stereocenters. The summed E-state index contributed by atoms with van der Waals surface area (Å²) in [7, 11) is 0. The molecule has 3 nitrogen and oxygen atoms in total. The molecule has 1 aromatic rings. The van der Waals surface area contributed by atoms with Crippen molar-refractivity contribution in [1.82, 2.24) is 0 Å². The van der Waals surface area contributed by atoms with Gasteiger partial charge < -0.3 is 16.2 Å². The summed E-state index contributed by atoms with van der Waals surface area (Å²) < 4.78 is 6.20. The van der Waals surface area contributed by atoms with Crippen LogP contribution in [-0.2, 0) is 0 Å². The van der Waals surface area contributed by atoms with Crippen molar-refractivity contribution in [2.75, 3.05) is 11.5 Å². The van der Waals surface area contributed by atoms with E-state index in [-0.39, 0.29) is 0 Å². The van der Waals surface area contributed by atoms with E-state index in [0.29, 0.717) is 29.3 Å². The smallest absolute Gasteiger partial charge is 0.121 e. The van der Waals surface area contributed by atoms with Gasteiger partial charge in [0.2, 0.25) is 0 Å². The van der Waals surface area contributed by atoms with Gasteiger partial charge in [0.05, 0.1) is 11.4 Å². The van der Waals surface area contributed by atoms with E-state index in [9.17, 15) is 0 Å². The Morgan fingerprint density at radius 3 is 2.53 bits per heavy atom. The van der Waals surface area contributed by atoms with Gasteiger partial charge in [0.15, 0.2) is 0 Å². The first kappa shape index (κ1) is 14.0. The minimum atomic E-state index is 0.298. The fraction of sp³-hybridized carbons (Fsp3) is 0.625. The highest BCUT2D eigenvalue weighted by atomic mass is 16.5. The lowest BCUT2D eigenvalue weighted by Gasteiger charge is -2.37. The van der Waals surface area contributed by atoms with Crippen molar-refractivity contribution in [3.8, 4) is 5.75 Å². The minimum Gasteiger partial charge on any atom is -0.490 e. The summed E-state index contributed by atoms with van der Waals surface area (Å²) in [6.07, 6.45) is 4.00. The number of nitrogen functional groups attached to an aromatic ring is 2. The number of benzene rings is 1. The van der Waals surface area contributed by atoms with E-state index in [0.717, 1.165) is 18.1 Å². The van der Waals surface area contributed by atoms with E-state index < -0.39 is 0 Å². The number of anilines is 2. The Morgan fingerprint density at radius 1 is 1.16 bits per heavy atom. The molecular formula is C16H26N2O. The normalized spacial score (nSPS) is 27.5. The summed E-state index contributed by atoms with van der Waals surface area (Å²) in [5.74, 6) is 2.88. The summed E-state index contributed by atoms with van der Waals surface area (Å²) in [5.41, 5.74) is 12.8. The molecule has 0 heterocycles. The Hall–Kier alpha value is -1.38. The van der Waals surface area contributed by atoms with Crippen molar-refractivity contribution in [2.45, 2.75) is 46.1 Å². The topological polar surface area (TPSA) is 61.3 Å². The van der Waals surface area contributed by atoms with Crippen molar-refractivity contribution in [3.05, 3.63) is 18.2 Å². The van der Waals surface area contributed by atoms with Gasteiger partial charge in [-0.3, -0.25) is 0 Å². The van der Waals surface area contributed by atoms with Crippen LogP contribution in [0, 0.1) is 17.8 Å². The number of ether oxygens (including phenoxy) is 1. The lowest BCUT2D eigenvalue weighted by atomic mass is 9.75. The zero-order valence-corrected chi connectivity index (χ0v) is 12.2. The highest BCUT2D eigenvalue weighted by Crippen LogP contribution is 2.36. The van der Waals surface area contributed by atoms with Crippen LogP contribution in [-0.4, -0.2) is 6.10 Å². The second-order valence-corrected chi connectivity index (χ2v) is 6.27. The van der Waals surface area contributed by atoms with Gasteiger partial charge in [-0.2, -0.15) is 0 Å². The maximum absolute atomic E-state index is 6.20. The summed E-state index contributed by atoms with van der Waals surface area (Å²) in [5, 5.41) is 0. The Bertz CT molecular complexity index is 431. The number of hydrogen-bond acceptors (Lipinski definition) is 3. The Labute approximate surface area is 116 Å². The highest BCUT2D eigenvalue weighted by molar-refractivity contribution is 5.65. The summed E-state index contributed by atoms with van der Waals surface area (Å²) in [4.78, 5) is 0. The molecule has 1 aliphatic carbocycles.